The molecule has 1 atom stereocenters. The third-order valence-electron chi connectivity index (χ3n) is 2.62. The summed E-state index contributed by atoms with van der Waals surface area (Å²) >= 11 is 0. The molecule has 0 bridgehead atoms. The van der Waals surface area contributed by atoms with Crippen molar-refractivity contribution in [1.82, 2.24) is 0 Å². The number of amides is 2. The molecule has 0 aromatic heterocycles. The van der Waals surface area contributed by atoms with Gasteiger partial charge in [0.15, 0.2) is 0 Å². The summed E-state index contributed by atoms with van der Waals surface area (Å²) in [5.41, 5.74) is 6.09. The van der Waals surface area contributed by atoms with Gasteiger partial charge in [-0.05, 0) is 38.0 Å². The summed E-state index contributed by atoms with van der Waals surface area (Å²) in [7, 11) is 0. The summed E-state index contributed by atoms with van der Waals surface area (Å²) in [4.78, 5) is 22.6. The Labute approximate surface area is 117 Å². The van der Waals surface area contributed by atoms with E-state index in [2.05, 4.69) is 10.6 Å². The molecule has 1 unspecified atom stereocenters. The van der Waals surface area contributed by atoms with E-state index < -0.39 is 5.82 Å². The summed E-state index contributed by atoms with van der Waals surface area (Å²) in [5, 5.41) is 5.02. The SMILES string of the molecule is CC(=O)Nc1cc(NC(=O)CCCC(C)N)ccc1F. The number of halogens is 1. The molecule has 0 saturated heterocycles. The molecule has 4 N–H and O–H groups in total. The minimum Gasteiger partial charge on any atom is -0.328 e. The highest BCUT2D eigenvalue weighted by molar-refractivity contribution is 5.93. The second-order valence-electron chi connectivity index (χ2n) is 4.79. The summed E-state index contributed by atoms with van der Waals surface area (Å²) in [6.45, 7) is 3.18. The Morgan fingerprint density at radius 2 is 2.05 bits per heavy atom. The maximum atomic E-state index is 13.4. The molecule has 0 aliphatic heterocycles. The first-order chi connectivity index (χ1) is 9.38. The molecule has 1 aromatic carbocycles. The van der Waals surface area contributed by atoms with Gasteiger partial charge in [0, 0.05) is 25.1 Å². The maximum Gasteiger partial charge on any atom is 0.224 e. The van der Waals surface area contributed by atoms with Gasteiger partial charge in [-0.25, -0.2) is 4.39 Å². The van der Waals surface area contributed by atoms with Gasteiger partial charge < -0.3 is 16.4 Å². The maximum absolute atomic E-state index is 13.4. The van der Waals surface area contributed by atoms with Gasteiger partial charge in [0.1, 0.15) is 5.82 Å². The first-order valence-corrected chi connectivity index (χ1v) is 6.51. The minimum absolute atomic E-state index is 0.0471. The molecule has 2 amide bonds. The lowest BCUT2D eigenvalue weighted by atomic mass is 10.1. The molecule has 0 aliphatic carbocycles. The van der Waals surface area contributed by atoms with E-state index in [1.807, 2.05) is 6.92 Å². The predicted molar refractivity (Wildman–Crippen MR) is 76.8 cm³/mol. The molecule has 6 heteroatoms. The van der Waals surface area contributed by atoms with Gasteiger partial charge in [0.25, 0.3) is 0 Å². The summed E-state index contributed by atoms with van der Waals surface area (Å²) in [6.07, 6.45) is 1.83. The van der Waals surface area contributed by atoms with Crippen LogP contribution in [0, 0.1) is 5.82 Å². The molecule has 0 spiro atoms. The van der Waals surface area contributed by atoms with Gasteiger partial charge >= 0.3 is 0 Å². The van der Waals surface area contributed by atoms with E-state index in [9.17, 15) is 14.0 Å². The van der Waals surface area contributed by atoms with Crippen LogP contribution in [0.25, 0.3) is 0 Å². The van der Waals surface area contributed by atoms with Crippen molar-refractivity contribution in [3.63, 3.8) is 0 Å². The zero-order valence-electron chi connectivity index (χ0n) is 11.7. The number of hydrogen-bond acceptors (Lipinski definition) is 3. The summed E-state index contributed by atoms with van der Waals surface area (Å²) in [5.74, 6) is -1.08. The van der Waals surface area contributed by atoms with E-state index in [1.54, 1.807) is 0 Å². The minimum atomic E-state index is -0.546. The number of nitrogens with one attached hydrogen (secondary N) is 2. The fourth-order valence-corrected chi connectivity index (χ4v) is 1.70. The topological polar surface area (TPSA) is 84.2 Å². The molecular weight excluding hydrogens is 261 g/mol. The van der Waals surface area contributed by atoms with Crippen molar-refractivity contribution >= 4 is 23.2 Å². The number of carbonyl (C=O) groups excluding carboxylic acids is 2. The highest BCUT2D eigenvalue weighted by Crippen LogP contribution is 2.20. The quantitative estimate of drug-likeness (QED) is 0.747. The van der Waals surface area contributed by atoms with Crippen LogP contribution in [-0.4, -0.2) is 17.9 Å². The van der Waals surface area contributed by atoms with Crippen molar-refractivity contribution in [2.24, 2.45) is 5.73 Å². The highest BCUT2D eigenvalue weighted by Gasteiger charge is 2.08. The summed E-state index contributed by atoms with van der Waals surface area (Å²) in [6, 6.07) is 4.10. The molecule has 0 fully saturated rings. The van der Waals surface area contributed by atoms with E-state index in [-0.39, 0.29) is 23.5 Å². The fourth-order valence-electron chi connectivity index (χ4n) is 1.70. The number of benzene rings is 1. The van der Waals surface area contributed by atoms with Gasteiger partial charge in [0.05, 0.1) is 5.69 Å². The van der Waals surface area contributed by atoms with Crippen molar-refractivity contribution in [1.29, 1.82) is 0 Å². The second-order valence-corrected chi connectivity index (χ2v) is 4.79. The standard InChI is InChI=1S/C14H20FN3O2/c1-9(16)4-3-5-14(20)18-11-6-7-12(15)13(8-11)17-10(2)19/h6-9H,3-5,16H2,1-2H3,(H,17,19)(H,18,20). The monoisotopic (exact) mass is 281 g/mol. The van der Waals surface area contributed by atoms with Gasteiger partial charge in [0.2, 0.25) is 11.8 Å². The van der Waals surface area contributed by atoms with Crippen LogP contribution in [0.1, 0.15) is 33.1 Å². The van der Waals surface area contributed by atoms with Crippen molar-refractivity contribution in [2.45, 2.75) is 39.2 Å². The first kappa shape index (κ1) is 16.1. The largest absolute Gasteiger partial charge is 0.328 e. The zero-order valence-corrected chi connectivity index (χ0v) is 11.7. The molecule has 1 aromatic rings. The van der Waals surface area contributed by atoms with Crippen LogP contribution in [0.3, 0.4) is 0 Å². The number of nitrogens with two attached hydrogens (primary N) is 1. The Hall–Kier alpha value is -1.95. The van der Waals surface area contributed by atoms with Gasteiger partial charge in [-0.2, -0.15) is 0 Å². The van der Waals surface area contributed by atoms with Crippen LogP contribution < -0.4 is 16.4 Å². The molecule has 1 rings (SSSR count). The van der Waals surface area contributed by atoms with Crippen molar-refractivity contribution in [2.75, 3.05) is 10.6 Å². The fraction of sp³-hybridized carbons (Fsp3) is 0.429. The van der Waals surface area contributed by atoms with Crippen LogP contribution >= 0.6 is 0 Å². The van der Waals surface area contributed by atoms with Crippen LogP contribution in [0.4, 0.5) is 15.8 Å². The lowest BCUT2D eigenvalue weighted by Crippen LogP contribution is -2.17. The Kier molecular flexibility index (Phi) is 6.11. The number of rotatable bonds is 6. The number of carbonyl (C=O) groups is 2. The van der Waals surface area contributed by atoms with E-state index in [4.69, 9.17) is 5.73 Å². The third kappa shape index (κ3) is 5.79. The molecular formula is C14H20FN3O2. The molecule has 0 heterocycles. The van der Waals surface area contributed by atoms with Crippen LogP contribution in [0.5, 0.6) is 0 Å². The highest BCUT2D eigenvalue weighted by atomic mass is 19.1. The van der Waals surface area contributed by atoms with Crippen molar-refractivity contribution < 1.29 is 14.0 Å². The normalized spacial score (nSPS) is 11.8. The lowest BCUT2D eigenvalue weighted by molar-refractivity contribution is -0.116. The van der Waals surface area contributed by atoms with Gasteiger partial charge in [-0.1, -0.05) is 0 Å². The predicted octanol–water partition coefficient (Wildman–Crippen LogP) is 2.24. The Balaban J connectivity index is 2.59. The van der Waals surface area contributed by atoms with E-state index in [0.717, 1.165) is 6.42 Å². The van der Waals surface area contributed by atoms with E-state index >= 15 is 0 Å². The van der Waals surface area contributed by atoms with Gasteiger partial charge in [-0.15, -0.1) is 0 Å². The van der Waals surface area contributed by atoms with E-state index in [0.29, 0.717) is 18.5 Å². The van der Waals surface area contributed by atoms with E-state index in [1.165, 1.54) is 25.1 Å². The van der Waals surface area contributed by atoms with Crippen LogP contribution in [0.2, 0.25) is 0 Å². The van der Waals surface area contributed by atoms with Crippen LogP contribution in [-0.2, 0) is 9.59 Å². The molecule has 0 saturated carbocycles. The average Bonchev–Trinajstić information content (AvgIpc) is 2.32. The Bertz CT molecular complexity index is 489. The molecule has 0 aliphatic rings. The summed E-state index contributed by atoms with van der Waals surface area (Å²) < 4.78 is 13.4. The average molecular weight is 281 g/mol. The van der Waals surface area contributed by atoms with Gasteiger partial charge in [-0.3, -0.25) is 9.59 Å². The first-order valence-electron chi connectivity index (χ1n) is 6.51. The number of hydrogen-bond donors (Lipinski definition) is 3. The lowest BCUT2D eigenvalue weighted by Gasteiger charge is -2.09. The van der Waals surface area contributed by atoms with Crippen molar-refractivity contribution in [3.05, 3.63) is 24.0 Å². The number of anilines is 2. The third-order valence-corrected chi connectivity index (χ3v) is 2.62. The van der Waals surface area contributed by atoms with Crippen molar-refractivity contribution in [3.8, 4) is 0 Å². The molecule has 20 heavy (non-hydrogen) atoms. The zero-order chi connectivity index (χ0) is 15.1. The smallest absolute Gasteiger partial charge is 0.224 e. The second kappa shape index (κ2) is 7.59. The Morgan fingerprint density at radius 3 is 2.65 bits per heavy atom. The molecule has 110 valence electrons. The molecule has 0 radical (unpaired) electrons. The van der Waals surface area contributed by atoms with Crippen LogP contribution in [0.15, 0.2) is 18.2 Å². The molecule has 5 nitrogen and oxygen atoms in total. The Morgan fingerprint density at radius 1 is 1.35 bits per heavy atom.